The molecule has 1 aromatic rings. The summed E-state index contributed by atoms with van der Waals surface area (Å²) >= 11 is 0. The molecule has 1 aliphatic rings. The van der Waals surface area contributed by atoms with Gasteiger partial charge >= 0.3 is 0 Å². The van der Waals surface area contributed by atoms with Crippen molar-refractivity contribution in [3.05, 3.63) is 24.0 Å². The van der Waals surface area contributed by atoms with Crippen LogP contribution in [0, 0.1) is 0 Å². The minimum absolute atomic E-state index is 0.644. The predicted octanol–water partition coefficient (Wildman–Crippen LogP) is 1.95. The van der Waals surface area contributed by atoms with E-state index in [4.69, 9.17) is 4.74 Å². The summed E-state index contributed by atoms with van der Waals surface area (Å²) < 4.78 is 5.19. The molecule has 1 fully saturated rings. The third-order valence-corrected chi connectivity index (χ3v) is 3.28. The summed E-state index contributed by atoms with van der Waals surface area (Å²) in [5.41, 5.74) is 1.31. The van der Waals surface area contributed by atoms with Crippen LogP contribution in [-0.2, 0) is 0 Å². The van der Waals surface area contributed by atoms with Gasteiger partial charge in [0, 0.05) is 12.2 Å². The largest absolute Gasteiger partial charge is 0.495 e. The van der Waals surface area contributed by atoms with E-state index in [0.29, 0.717) is 12.0 Å². The van der Waals surface area contributed by atoms with Crippen LogP contribution in [0.25, 0.3) is 0 Å². The van der Waals surface area contributed by atoms with E-state index in [2.05, 4.69) is 16.4 Å². The summed E-state index contributed by atoms with van der Waals surface area (Å²) in [6, 6.07) is 2.77. The number of aromatic nitrogens is 1. The lowest BCUT2D eigenvalue weighted by Gasteiger charge is -2.11. The lowest BCUT2D eigenvalue weighted by Crippen LogP contribution is -2.21. The molecule has 2 atom stereocenters. The van der Waals surface area contributed by atoms with Crippen molar-refractivity contribution in [3.8, 4) is 5.75 Å². The lowest BCUT2D eigenvalue weighted by molar-refractivity contribution is 0.411. The number of hydrogen-bond donors (Lipinski definition) is 1. The summed E-state index contributed by atoms with van der Waals surface area (Å²) in [5, 5.41) is 3.34. The van der Waals surface area contributed by atoms with Crippen molar-refractivity contribution in [2.24, 2.45) is 0 Å². The molecule has 0 aromatic carbocycles. The van der Waals surface area contributed by atoms with Crippen molar-refractivity contribution < 1.29 is 4.74 Å². The molecule has 1 aliphatic carbocycles. The number of nitrogens with one attached hydrogen (secondary N) is 1. The Bertz CT molecular complexity index is 327. The summed E-state index contributed by atoms with van der Waals surface area (Å²) in [4.78, 5) is 4.21. The molecular weight excluding hydrogens is 188 g/mol. The van der Waals surface area contributed by atoms with Crippen molar-refractivity contribution in [1.29, 1.82) is 0 Å². The number of rotatable bonds is 3. The molecule has 0 amide bonds. The molecule has 0 aliphatic heterocycles. The Morgan fingerprint density at radius 3 is 2.93 bits per heavy atom. The zero-order valence-corrected chi connectivity index (χ0v) is 9.36. The molecule has 1 N–H and O–H groups in total. The van der Waals surface area contributed by atoms with Gasteiger partial charge in [0.15, 0.2) is 0 Å². The van der Waals surface area contributed by atoms with E-state index >= 15 is 0 Å². The van der Waals surface area contributed by atoms with Gasteiger partial charge in [-0.1, -0.05) is 0 Å². The monoisotopic (exact) mass is 206 g/mol. The van der Waals surface area contributed by atoms with Crippen LogP contribution in [0.3, 0.4) is 0 Å². The van der Waals surface area contributed by atoms with Gasteiger partial charge in [-0.25, -0.2) is 0 Å². The highest BCUT2D eigenvalue weighted by molar-refractivity contribution is 5.27. The van der Waals surface area contributed by atoms with Crippen LogP contribution in [0.15, 0.2) is 18.5 Å². The van der Waals surface area contributed by atoms with Gasteiger partial charge in [0.2, 0.25) is 0 Å². The van der Waals surface area contributed by atoms with Gasteiger partial charge in [-0.2, -0.15) is 0 Å². The number of ether oxygens (including phenoxy) is 1. The molecule has 3 heteroatoms. The van der Waals surface area contributed by atoms with E-state index in [1.54, 1.807) is 13.3 Å². The third-order valence-electron chi connectivity index (χ3n) is 3.28. The maximum absolute atomic E-state index is 5.19. The molecule has 0 saturated heterocycles. The summed E-state index contributed by atoms with van der Waals surface area (Å²) in [5.74, 6) is 1.51. The third kappa shape index (κ3) is 2.29. The van der Waals surface area contributed by atoms with Crippen LogP contribution in [0.2, 0.25) is 0 Å². The fourth-order valence-electron chi connectivity index (χ4n) is 2.32. The Balaban J connectivity index is 2.09. The smallest absolute Gasteiger partial charge is 0.137 e. The first kappa shape index (κ1) is 10.4. The second kappa shape index (κ2) is 4.62. The lowest BCUT2D eigenvalue weighted by atomic mass is 9.99. The van der Waals surface area contributed by atoms with Crippen molar-refractivity contribution in [2.75, 3.05) is 14.2 Å². The molecular formula is C12H18N2O. The van der Waals surface area contributed by atoms with E-state index in [1.165, 1.54) is 24.8 Å². The normalized spacial score (nSPS) is 25.5. The summed E-state index contributed by atoms with van der Waals surface area (Å²) in [6.07, 6.45) is 7.45. The van der Waals surface area contributed by atoms with Crippen molar-refractivity contribution in [3.63, 3.8) is 0 Å². The van der Waals surface area contributed by atoms with Crippen LogP contribution in [0.4, 0.5) is 0 Å². The molecule has 0 bridgehead atoms. The fourth-order valence-corrected chi connectivity index (χ4v) is 2.32. The van der Waals surface area contributed by atoms with Gasteiger partial charge in [-0.15, -0.1) is 0 Å². The van der Waals surface area contributed by atoms with Crippen molar-refractivity contribution >= 4 is 0 Å². The topological polar surface area (TPSA) is 34.2 Å². The highest BCUT2D eigenvalue weighted by Gasteiger charge is 2.24. The predicted molar refractivity (Wildman–Crippen MR) is 60.2 cm³/mol. The minimum Gasteiger partial charge on any atom is -0.495 e. The molecule has 3 nitrogen and oxygen atoms in total. The molecule has 15 heavy (non-hydrogen) atoms. The van der Waals surface area contributed by atoms with Crippen LogP contribution in [-0.4, -0.2) is 25.2 Å². The highest BCUT2D eigenvalue weighted by atomic mass is 16.5. The summed E-state index contributed by atoms with van der Waals surface area (Å²) in [7, 11) is 3.72. The first-order valence-electron chi connectivity index (χ1n) is 5.49. The van der Waals surface area contributed by atoms with Gasteiger partial charge in [0.1, 0.15) is 5.75 Å². The summed E-state index contributed by atoms with van der Waals surface area (Å²) in [6.45, 7) is 0. The van der Waals surface area contributed by atoms with E-state index in [0.717, 1.165) is 5.75 Å². The minimum atomic E-state index is 0.644. The number of methoxy groups -OCH3 is 1. The number of nitrogens with zero attached hydrogens (tertiary/aromatic N) is 1. The number of hydrogen-bond acceptors (Lipinski definition) is 3. The molecule has 1 saturated carbocycles. The van der Waals surface area contributed by atoms with Crippen molar-refractivity contribution in [1.82, 2.24) is 10.3 Å². The second-order valence-electron chi connectivity index (χ2n) is 4.15. The van der Waals surface area contributed by atoms with Crippen LogP contribution < -0.4 is 10.1 Å². The Hall–Kier alpha value is -1.09. The quantitative estimate of drug-likeness (QED) is 0.820. The molecule has 2 unspecified atom stereocenters. The molecule has 1 aromatic heterocycles. The molecule has 1 heterocycles. The van der Waals surface area contributed by atoms with Crippen LogP contribution in [0.5, 0.6) is 5.75 Å². The van der Waals surface area contributed by atoms with Crippen LogP contribution >= 0.6 is 0 Å². The Morgan fingerprint density at radius 1 is 1.40 bits per heavy atom. The Kier molecular flexibility index (Phi) is 3.21. The average molecular weight is 206 g/mol. The van der Waals surface area contributed by atoms with Gasteiger partial charge in [0.05, 0.1) is 13.3 Å². The average Bonchev–Trinajstić information content (AvgIpc) is 2.78. The first-order valence-corrected chi connectivity index (χ1v) is 5.49. The van der Waals surface area contributed by atoms with E-state index < -0.39 is 0 Å². The zero-order valence-electron chi connectivity index (χ0n) is 9.36. The van der Waals surface area contributed by atoms with Gasteiger partial charge in [-0.05, 0) is 43.9 Å². The van der Waals surface area contributed by atoms with E-state index in [9.17, 15) is 0 Å². The van der Waals surface area contributed by atoms with Crippen LogP contribution in [0.1, 0.15) is 30.7 Å². The molecule has 0 spiro atoms. The van der Waals surface area contributed by atoms with Gasteiger partial charge < -0.3 is 10.1 Å². The van der Waals surface area contributed by atoms with E-state index in [1.807, 2.05) is 13.2 Å². The van der Waals surface area contributed by atoms with Gasteiger partial charge in [0.25, 0.3) is 0 Å². The highest BCUT2D eigenvalue weighted by Crippen LogP contribution is 2.34. The molecule has 0 radical (unpaired) electrons. The van der Waals surface area contributed by atoms with E-state index in [-0.39, 0.29) is 0 Å². The SMILES string of the molecule is CNC1CCC(c2cncc(OC)c2)C1. The zero-order chi connectivity index (χ0) is 10.7. The fraction of sp³-hybridized carbons (Fsp3) is 0.583. The molecule has 82 valence electrons. The molecule has 2 rings (SSSR count). The standard InChI is InChI=1S/C12H18N2O/c1-13-11-4-3-9(5-11)10-6-12(15-2)8-14-7-10/h6-9,11,13H,3-5H2,1-2H3. The Morgan fingerprint density at radius 2 is 2.27 bits per heavy atom. The van der Waals surface area contributed by atoms with Crippen molar-refractivity contribution in [2.45, 2.75) is 31.2 Å². The second-order valence-corrected chi connectivity index (χ2v) is 4.15. The first-order chi connectivity index (χ1) is 7.33. The Labute approximate surface area is 90.9 Å². The maximum Gasteiger partial charge on any atom is 0.137 e. The maximum atomic E-state index is 5.19. The van der Waals surface area contributed by atoms with Gasteiger partial charge in [-0.3, -0.25) is 4.98 Å². The number of pyridine rings is 1.